The van der Waals surface area contributed by atoms with Gasteiger partial charge in [-0.05, 0) is 31.4 Å². The Balaban J connectivity index is 2.16. The van der Waals surface area contributed by atoms with E-state index in [2.05, 4.69) is 11.8 Å². The van der Waals surface area contributed by atoms with Crippen LogP contribution in [-0.4, -0.2) is 6.29 Å². The van der Waals surface area contributed by atoms with E-state index in [9.17, 15) is 4.79 Å². The Kier molecular flexibility index (Phi) is 3.98. The number of aryl methyl sites for hydroxylation is 1. The highest BCUT2D eigenvalue weighted by molar-refractivity contribution is 5.76. The summed E-state index contributed by atoms with van der Waals surface area (Å²) in [7, 11) is 0. The Labute approximate surface area is 103 Å². The highest BCUT2D eigenvalue weighted by Crippen LogP contribution is 2.23. The molecule has 0 N–H and O–H groups in total. The summed E-state index contributed by atoms with van der Waals surface area (Å²) < 4.78 is 0. The predicted molar refractivity (Wildman–Crippen MR) is 70.0 cm³/mol. The summed E-state index contributed by atoms with van der Waals surface area (Å²) >= 11 is 0. The maximum absolute atomic E-state index is 10.7. The molecule has 17 heavy (non-hydrogen) atoms. The second-order valence-electron chi connectivity index (χ2n) is 4.80. The van der Waals surface area contributed by atoms with Crippen LogP contribution in [0.3, 0.4) is 0 Å². The molecule has 0 radical (unpaired) electrons. The lowest BCUT2D eigenvalue weighted by molar-refractivity contribution is 0.112. The van der Waals surface area contributed by atoms with E-state index in [-0.39, 0.29) is 0 Å². The van der Waals surface area contributed by atoms with Gasteiger partial charge in [-0.25, -0.2) is 0 Å². The van der Waals surface area contributed by atoms with Gasteiger partial charge >= 0.3 is 0 Å². The second-order valence-corrected chi connectivity index (χ2v) is 4.80. The third-order valence-corrected chi connectivity index (χ3v) is 3.41. The van der Waals surface area contributed by atoms with Gasteiger partial charge in [0, 0.05) is 17.0 Å². The summed E-state index contributed by atoms with van der Waals surface area (Å²) in [6, 6.07) is 5.70. The number of carbonyl (C=O) groups excluding carboxylic acids is 1. The molecule has 0 aromatic heterocycles. The van der Waals surface area contributed by atoms with Crippen LogP contribution in [0.25, 0.3) is 0 Å². The number of rotatable bonds is 1. The molecule has 0 bridgehead atoms. The lowest BCUT2D eigenvalue weighted by atomic mass is 9.89. The van der Waals surface area contributed by atoms with Crippen LogP contribution in [0.1, 0.15) is 53.6 Å². The summed E-state index contributed by atoms with van der Waals surface area (Å²) in [5.74, 6) is 7.17. The van der Waals surface area contributed by atoms with Crippen molar-refractivity contribution < 1.29 is 4.79 Å². The standard InChI is InChI=1S/C16H18O/c1-13-7-8-15(12-17)11-16(13)10-9-14-5-3-2-4-6-14/h7-8,11-12,14H,2-6H2,1H3. The first-order valence-corrected chi connectivity index (χ1v) is 6.37. The first-order chi connectivity index (χ1) is 8.29. The van der Waals surface area contributed by atoms with E-state index in [4.69, 9.17) is 0 Å². The highest BCUT2D eigenvalue weighted by atomic mass is 16.1. The zero-order valence-electron chi connectivity index (χ0n) is 10.3. The number of benzene rings is 1. The quantitative estimate of drug-likeness (QED) is 0.526. The summed E-state index contributed by atoms with van der Waals surface area (Å²) in [5, 5.41) is 0. The molecule has 1 fully saturated rings. The first kappa shape index (κ1) is 11.9. The van der Waals surface area contributed by atoms with Crippen LogP contribution in [0.5, 0.6) is 0 Å². The van der Waals surface area contributed by atoms with Crippen LogP contribution < -0.4 is 0 Å². The highest BCUT2D eigenvalue weighted by Gasteiger charge is 2.10. The topological polar surface area (TPSA) is 17.1 Å². The molecule has 0 spiro atoms. The smallest absolute Gasteiger partial charge is 0.150 e. The lowest BCUT2D eigenvalue weighted by Crippen LogP contribution is -2.03. The molecule has 0 saturated heterocycles. The zero-order valence-corrected chi connectivity index (χ0v) is 10.3. The molecule has 88 valence electrons. The van der Waals surface area contributed by atoms with E-state index in [0.717, 1.165) is 17.4 Å². The van der Waals surface area contributed by atoms with E-state index in [1.807, 2.05) is 25.1 Å². The Bertz CT molecular complexity index is 456. The van der Waals surface area contributed by atoms with Gasteiger partial charge in [0.05, 0.1) is 0 Å². The van der Waals surface area contributed by atoms with Crippen molar-refractivity contribution in [3.05, 3.63) is 34.9 Å². The van der Waals surface area contributed by atoms with Gasteiger partial charge in [0.15, 0.2) is 0 Å². The van der Waals surface area contributed by atoms with Gasteiger partial charge in [-0.2, -0.15) is 0 Å². The van der Waals surface area contributed by atoms with E-state index in [1.54, 1.807) is 0 Å². The van der Waals surface area contributed by atoms with Crippen LogP contribution in [0.15, 0.2) is 18.2 Å². The van der Waals surface area contributed by atoms with E-state index in [0.29, 0.717) is 11.5 Å². The lowest BCUT2D eigenvalue weighted by Gasteiger charge is -2.15. The van der Waals surface area contributed by atoms with Crippen molar-refractivity contribution in [2.75, 3.05) is 0 Å². The van der Waals surface area contributed by atoms with Crippen molar-refractivity contribution in [1.29, 1.82) is 0 Å². The molecule has 1 aliphatic rings. The van der Waals surface area contributed by atoms with Gasteiger partial charge in [-0.15, -0.1) is 0 Å². The molecular weight excluding hydrogens is 208 g/mol. The maximum Gasteiger partial charge on any atom is 0.150 e. The van der Waals surface area contributed by atoms with Crippen molar-refractivity contribution in [2.24, 2.45) is 5.92 Å². The van der Waals surface area contributed by atoms with Crippen molar-refractivity contribution >= 4 is 6.29 Å². The average Bonchev–Trinajstić information content (AvgIpc) is 2.39. The van der Waals surface area contributed by atoms with Gasteiger partial charge < -0.3 is 0 Å². The van der Waals surface area contributed by atoms with Gasteiger partial charge in [0.2, 0.25) is 0 Å². The fourth-order valence-electron chi connectivity index (χ4n) is 2.27. The average molecular weight is 226 g/mol. The molecule has 1 heteroatoms. The molecule has 0 amide bonds. The monoisotopic (exact) mass is 226 g/mol. The minimum atomic E-state index is 0.558. The van der Waals surface area contributed by atoms with E-state index < -0.39 is 0 Å². The fraction of sp³-hybridized carbons (Fsp3) is 0.438. The van der Waals surface area contributed by atoms with Crippen LogP contribution in [0.4, 0.5) is 0 Å². The number of carbonyl (C=O) groups is 1. The van der Waals surface area contributed by atoms with Crippen LogP contribution in [-0.2, 0) is 0 Å². The van der Waals surface area contributed by atoms with Crippen LogP contribution >= 0.6 is 0 Å². The third-order valence-electron chi connectivity index (χ3n) is 3.41. The summed E-state index contributed by atoms with van der Waals surface area (Å²) in [6.07, 6.45) is 7.33. The summed E-state index contributed by atoms with van der Waals surface area (Å²) in [6.45, 7) is 2.04. The molecule has 0 unspecified atom stereocenters. The van der Waals surface area contributed by atoms with Gasteiger partial charge in [0.25, 0.3) is 0 Å². The van der Waals surface area contributed by atoms with Gasteiger partial charge in [-0.3, -0.25) is 4.79 Å². The minimum Gasteiger partial charge on any atom is -0.298 e. The second kappa shape index (κ2) is 5.68. The molecule has 1 aliphatic carbocycles. The van der Waals surface area contributed by atoms with Crippen LogP contribution in [0, 0.1) is 24.7 Å². The van der Waals surface area contributed by atoms with Crippen molar-refractivity contribution in [2.45, 2.75) is 39.0 Å². The van der Waals surface area contributed by atoms with Gasteiger partial charge in [-0.1, -0.05) is 43.2 Å². The fourth-order valence-corrected chi connectivity index (χ4v) is 2.27. The Hall–Kier alpha value is -1.55. The molecule has 1 nitrogen and oxygen atoms in total. The zero-order chi connectivity index (χ0) is 12.1. The molecule has 1 aromatic rings. The third kappa shape index (κ3) is 3.20. The SMILES string of the molecule is Cc1ccc(C=O)cc1C#CC1CCCCC1. The summed E-state index contributed by atoms with van der Waals surface area (Å²) in [4.78, 5) is 10.7. The molecule has 0 heterocycles. The molecule has 1 aromatic carbocycles. The molecule has 0 atom stereocenters. The summed E-state index contributed by atoms with van der Waals surface area (Å²) in [5.41, 5.74) is 2.86. The maximum atomic E-state index is 10.7. The molecule has 2 rings (SSSR count). The number of aldehydes is 1. The number of hydrogen-bond acceptors (Lipinski definition) is 1. The molecule has 1 saturated carbocycles. The first-order valence-electron chi connectivity index (χ1n) is 6.37. The predicted octanol–water partition coefficient (Wildman–Crippen LogP) is 3.74. The largest absolute Gasteiger partial charge is 0.298 e. The Morgan fingerprint density at radius 1 is 1.24 bits per heavy atom. The normalized spacial score (nSPS) is 16.1. The van der Waals surface area contributed by atoms with Crippen molar-refractivity contribution in [3.63, 3.8) is 0 Å². The van der Waals surface area contributed by atoms with Gasteiger partial charge in [0.1, 0.15) is 6.29 Å². The number of hydrogen-bond donors (Lipinski definition) is 0. The molecular formula is C16H18O. The van der Waals surface area contributed by atoms with E-state index >= 15 is 0 Å². The van der Waals surface area contributed by atoms with Crippen molar-refractivity contribution in [1.82, 2.24) is 0 Å². The Morgan fingerprint density at radius 2 is 2.00 bits per heavy atom. The van der Waals surface area contributed by atoms with Crippen molar-refractivity contribution in [3.8, 4) is 11.8 Å². The van der Waals surface area contributed by atoms with Crippen LogP contribution in [0.2, 0.25) is 0 Å². The van der Waals surface area contributed by atoms with E-state index in [1.165, 1.54) is 32.1 Å². The Morgan fingerprint density at radius 3 is 2.71 bits per heavy atom. The molecule has 0 aliphatic heterocycles. The minimum absolute atomic E-state index is 0.558.